The van der Waals surface area contributed by atoms with Gasteiger partial charge in [0.1, 0.15) is 29.4 Å². The summed E-state index contributed by atoms with van der Waals surface area (Å²) in [6.45, 7) is 2.22. The van der Waals surface area contributed by atoms with E-state index < -0.39 is 0 Å². The Labute approximate surface area is 176 Å². The van der Waals surface area contributed by atoms with Crippen LogP contribution in [0.25, 0.3) is 22.1 Å². The second-order valence-corrected chi connectivity index (χ2v) is 7.55. The van der Waals surface area contributed by atoms with Crippen molar-refractivity contribution in [2.75, 3.05) is 7.11 Å². The molecule has 0 aliphatic rings. The van der Waals surface area contributed by atoms with Crippen LogP contribution in [0.5, 0.6) is 11.5 Å². The van der Waals surface area contributed by atoms with Gasteiger partial charge in [-0.15, -0.1) is 0 Å². The molecule has 29 heavy (non-hydrogen) atoms. The standard InChI is InChI=1S/C24H19BrO4/c1-15-23(19-5-3-4-6-21(19)27-2)24(26)20-12-11-18(13-22(20)29-15)28-14-16-7-9-17(25)10-8-16/h3-13H,14H2,1-2H3. The molecule has 0 radical (unpaired) electrons. The monoisotopic (exact) mass is 450 g/mol. The molecule has 3 aromatic carbocycles. The van der Waals surface area contributed by atoms with E-state index in [0.29, 0.717) is 40.4 Å². The second-order valence-electron chi connectivity index (χ2n) is 6.64. The maximum absolute atomic E-state index is 13.2. The van der Waals surface area contributed by atoms with E-state index in [1.165, 1.54) is 0 Å². The first kappa shape index (κ1) is 19.3. The predicted octanol–water partition coefficient (Wildman–Crippen LogP) is 6.12. The van der Waals surface area contributed by atoms with Gasteiger partial charge < -0.3 is 13.9 Å². The van der Waals surface area contributed by atoms with Gasteiger partial charge in [-0.25, -0.2) is 0 Å². The third-order valence-electron chi connectivity index (χ3n) is 4.73. The zero-order valence-electron chi connectivity index (χ0n) is 16.1. The van der Waals surface area contributed by atoms with Crippen LogP contribution in [-0.2, 0) is 6.61 Å². The van der Waals surface area contributed by atoms with Crippen LogP contribution >= 0.6 is 15.9 Å². The van der Waals surface area contributed by atoms with Crippen LogP contribution in [0, 0.1) is 6.92 Å². The molecule has 4 nitrogen and oxygen atoms in total. The average molecular weight is 451 g/mol. The van der Waals surface area contributed by atoms with Crippen molar-refractivity contribution < 1.29 is 13.9 Å². The van der Waals surface area contributed by atoms with E-state index in [4.69, 9.17) is 13.9 Å². The summed E-state index contributed by atoms with van der Waals surface area (Å²) in [4.78, 5) is 13.2. The van der Waals surface area contributed by atoms with Crippen molar-refractivity contribution in [1.29, 1.82) is 0 Å². The van der Waals surface area contributed by atoms with Crippen molar-refractivity contribution >= 4 is 26.9 Å². The van der Waals surface area contributed by atoms with Crippen molar-refractivity contribution in [2.24, 2.45) is 0 Å². The fourth-order valence-electron chi connectivity index (χ4n) is 3.29. The lowest BCUT2D eigenvalue weighted by atomic mass is 10.0. The summed E-state index contributed by atoms with van der Waals surface area (Å²) in [6, 6.07) is 20.7. The van der Waals surface area contributed by atoms with E-state index in [9.17, 15) is 4.79 Å². The Hall–Kier alpha value is -3.05. The van der Waals surface area contributed by atoms with E-state index in [1.54, 1.807) is 32.2 Å². The molecule has 0 saturated heterocycles. The molecule has 0 bridgehead atoms. The molecular formula is C24H19BrO4. The first-order valence-corrected chi connectivity index (χ1v) is 9.94. The maximum Gasteiger partial charge on any atom is 0.200 e. The fourth-order valence-corrected chi connectivity index (χ4v) is 3.55. The van der Waals surface area contributed by atoms with E-state index in [0.717, 1.165) is 15.6 Å². The van der Waals surface area contributed by atoms with Crippen molar-refractivity contribution in [3.63, 3.8) is 0 Å². The van der Waals surface area contributed by atoms with Gasteiger partial charge in [0.25, 0.3) is 0 Å². The highest BCUT2D eigenvalue weighted by molar-refractivity contribution is 9.10. The molecule has 0 aliphatic heterocycles. The van der Waals surface area contributed by atoms with Crippen LogP contribution in [0.1, 0.15) is 11.3 Å². The number of para-hydroxylation sites is 1. The van der Waals surface area contributed by atoms with E-state index in [-0.39, 0.29) is 5.43 Å². The van der Waals surface area contributed by atoms with Gasteiger partial charge in [-0.3, -0.25) is 4.79 Å². The molecular weight excluding hydrogens is 432 g/mol. The van der Waals surface area contributed by atoms with E-state index in [2.05, 4.69) is 15.9 Å². The van der Waals surface area contributed by atoms with Crippen molar-refractivity contribution in [3.8, 4) is 22.6 Å². The first-order chi connectivity index (χ1) is 14.1. The summed E-state index contributed by atoms with van der Waals surface area (Å²) in [6.07, 6.45) is 0. The number of rotatable bonds is 5. The van der Waals surface area contributed by atoms with Gasteiger partial charge in [0, 0.05) is 16.1 Å². The van der Waals surface area contributed by atoms with E-state index in [1.807, 2.05) is 48.5 Å². The van der Waals surface area contributed by atoms with Crippen LogP contribution in [0.15, 0.2) is 80.4 Å². The Morgan fingerprint density at radius 2 is 1.76 bits per heavy atom. The summed E-state index contributed by atoms with van der Waals surface area (Å²) in [5, 5.41) is 0.507. The number of halogens is 1. The summed E-state index contributed by atoms with van der Waals surface area (Å²) in [5.74, 6) is 1.82. The van der Waals surface area contributed by atoms with Gasteiger partial charge in [0.2, 0.25) is 5.43 Å². The number of benzene rings is 3. The lowest BCUT2D eigenvalue weighted by molar-refractivity contribution is 0.306. The van der Waals surface area contributed by atoms with Crippen LogP contribution < -0.4 is 14.9 Å². The number of aryl methyl sites for hydroxylation is 1. The fraction of sp³-hybridized carbons (Fsp3) is 0.125. The van der Waals surface area contributed by atoms with Gasteiger partial charge in [0.05, 0.1) is 18.1 Å². The highest BCUT2D eigenvalue weighted by Crippen LogP contribution is 2.32. The lowest BCUT2D eigenvalue weighted by Gasteiger charge is -2.12. The predicted molar refractivity (Wildman–Crippen MR) is 118 cm³/mol. The molecule has 0 saturated carbocycles. The molecule has 1 aromatic heterocycles. The summed E-state index contributed by atoms with van der Waals surface area (Å²) in [7, 11) is 1.59. The number of methoxy groups -OCH3 is 1. The zero-order chi connectivity index (χ0) is 20.4. The van der Waals surface area contributed by atoms with Gasteiger partial charge >= 0.3 is 0 Å². The molecule has 4 rings (SSSR count). The third-order valence-corrected chi connectivity index (χ3v) is 5.26. The molecule has 0 aliphatic carbocycles. The molecule has 0 atom stereocenters. The molecule has 4 aromatic rings. The maximum atomic E-state index is 13.2. The molecule has 0 N–H and O–H groups in total. The van der Waals surface area contributed by atoms with Crippen LogP contribution in [-0.4, -0.2) is 7.11 Å². The topological polar surface area (TPSA) is 48.7 Å². The molecule has 0 unspecified atom stereocenters. The van der Waals surface area contributed by atoms with Crippen molar-refractivity contribution in [3.05, 3.63) is 92.7 Å². The number of hydrogen-bond donors (Lipinski definition) is 0. The summed E-state index contributed by atoms with van der Waals surface area (Å²) >= 11 is 3.42. The van der Waals surface area contributed by atoms with Gasteiger partial charge in [-0.2, -0.15) is 0 Å². The van der Waals surface area contributed by atoms with Crippen LogP contribution in [0.3, 0.4) is 0 Å². The average Bonchev–Trinajstić information content (AvgIpc) is 2.73. The minimum Gasteiger partial charge on any atom is -0.496 e. The molecule has 0 amide bonds. The molecule has 146 valence electrons. The van der Waals surface area contributed by atoms with E-state index >= 15 is 0 Å². The number of fused-ring (bicyclic) bond motifs is 1. The van der Waals surface area contributed by atoms with Gasteiger partial charge in [0.15, 0.2) is 0 Å². The third kappa shape index (κ3) is 3.91. The summed E-state index contributed by atoms with van der Waals surface area (Å²) < 4.78 is 18.3. The normalized spacial score (nSPS) is 10.9. The highest BCUT2D eigenvalue weighted by atomic mass is 79.9. The largest absolute Gasteiger partial charge is 0.496 e. The Bertz CT molecular complexity index is 1230. The Morgan fingerprint density at radius 3 is 2.52 bits per heavy atom. The first-order valence-electron chi connectivity index (χ1n) is 9.15. The van der Waals surface area contributed by atoms with Crippen molar-refractivity contribution in [2.45, 2.75) is 13.5 Å². The van der Waals surface area contributed by atoms with Gasteiger partial charge in [-0.05, 0) is 42.8 Å². The molecule has 5 heteroatoms. The molecule has 1 heterocycles. The zero-order valence-corrected chi connectivity index (χ0v) is 17.7. The quantitative estimate of drug-likeness (QED) is 0.367. The van der Waals surface area contributed by atoms with Crippen LogP contribution in [0.4, 0.5) is 0 Å². The van der Waals surface area contributed by atoms with Gasteiger partial charge in [-0.1, -0.05) is 46.3 Å². The number of ether oxygens (including phenoxy) is 2. The SMILES string of the molecule is COc1ccccc1-c1c(C)oc2cc(OCc3ccc(Br)cc3)ccc2c1=O. The Morgan fingerprint density at radius 1 is 1.00 bits per heavy atom. The lowest BCUT2D eigenvalue weighted by Crippen LogP contribution is -2.08. The van der Waals surface area contributed by atoms with Crippen LogP contribution in [0.2, 0.25) is 0 Å². The Balaban J connectivity index is 1.70. The smallest absolute Gasteiger partial charge is 0.200 e. The Kier molecular flexibility index (Phi) is 5.41. The second kappa shape index (κ2) is 8.13. The highest BCUT2D eigenvalue weighted by Gasteiger charge is 2.17. The number of hydrogen-bond acceptors (Lipinski definition) is 4. The van der Waals surface area contributed by atoms with Crippen molar-refractivity contribution in [1.82, 2.24) is 0 Å². The molecule has 0 spiro atoms. The minimum atomic E-state index is -0.0901. The molecule has 0 fully saturated rings. The summed E-state index contributed by atoms with van der Waals surface area (Å²) in [5.41, 5.74) is 2.70. The minimum absolute atomic E-state index is 0.0901.